The quantitative estimate of drug-likeness (QED) is 0.298. The Labute approximate surface area is 191 Å². The molecule has 2 atom stereocenters. The normalized spacial score (nSPS) is 21.2. The topological polar surface area (TPSA) is 82.4 Å². The standard InChI is InChI=1S/C21H22F3IN2O4/c22-15-1-2-18(14(9-15)3-6-28)31-12-21(26-30)4-5-27(11-19(21)29)20-16(23)7-13(10-25)8-17(20)24/h1-2,7-9,19,28-29H,3-6,10-12H2/t19-,21-/m1/s1. The van der Waals surface area contributed by atoms with E-state index in [4.69, 9.17) is 9.84 Å². The van der Waals surface area contributed by atoms with Crippen LogP contribution >= 0.6 is 22.6 Å². The summed E-state index contributed by atoms with van der Waals surface area (Å²) >= 11 is 2.01. The van der Waals surface area contributed by atoms with Crippen LogP contribution in [-0.2, 0) is 10.8 Å². The summed E-state index contributed by atoms with van der Waals surface area (Å²) in [6, 6.07) is 6.27. The second-order valence-electron chi connectivity index (χ2n) is 7.46. The maximum absolute atomic E-state index is 14.5. The Kier molecular flexibility index (Phi) is 7.76. The highest BCUT2D eigenvalue weighted by Crippen LogP contribution is 2.34. The number of nitrogens with zero attached hydrogens (tertiary/aromatic N) is 2. The van der Waals surface area contributed by atoms with Crippen LogP contribution in [0.3, 0.4) is 0 Å². The van der Waals surface area contributed by atoms with Gasteiger partial charge in [0.25, 0.3) is 0 Å². The molecule has 1 saturated heterocycles. The number of ether oxygens (including phenoxy) is 1. The Hall–Kier alpha value is -1.92. The zero-order valence-corrected chi connectivity index (χ0v) is 18.7. The molecule has 0 unspecified atom stereocenters. The number of hydrogen-bond donors (Lipinski definition) is 2. The number of benzene rings is 2. The third-order valence-corrected chi connectivity index (χ3v) is 6.32. The third-order valence-electron chi connectivity index (χ3n) is 5.44. The number of nitroso groups, excluding NO2 is 1. The van der Waals surface area contributed by atoms with Gasteiger partial charge < -0.3 is 19.8 Å². The van der Waals surface area contributed by atoms with E-state index in [2.05, 4.69) is 5.18 Å². The molecular formula is C21H22F3IN2O4. The summed E-state index contributed by atoms with van der Waals surface area (Å²) in [5.41, 5.74) is -0.866. The monoisotopic (exact) mass is 550 g/mol. The molecule has 168 valence electrons. The van der Waals surface area contributed by atoms with Crippen molar-refractivity contribution >= 4 is 28.3 Å². The Morgan fingerprint density at radius 3 is 2.52 bits per heavy atom. The first-order valence-corrected chi connectivity index (χ1v) is 11.2. The predicted molar refractivity (Wildman–Crippen MR) is 118 cm³/mol. The number of β-amino-alcohol motifs (C(OH)–C–C–N with tert-alkyl or cyclic N) is 1. The van der Waals surface area contributed by atoms with Crippen LogP contribution < -0.4 is 9.64 Å². The first-order valence-electron chi connectivity index (χ1n) is 9.67. The highest BCUT2D eigenvalue weighted by molar-refractivity contribution is 14.1. The Morgan fingerprint density at radius 1 is 1.23 bits per heavy atom. The molecule has 2 N–H and O–H groups in total. The van der Waals surface area contributed by atoms with Crippen molar-refractivity contribution in [1.82, 2.24) is 0 Å². The lowest BCUT2D eigenvalue weighted by atomic mass is 9.86. The molecule has 0 spiro atoms. The molecule has 0 aromatic heterocycles. The van der Waals surface area contributed by atoms with Crippen molar-refractivity contribution in [2.45, 2.75) is 28.9 Å². The van der Waals surface area contributed by atoms with Gasteiger partial charge in [0.05, 0.1) is 0 Å². The minimum absolute atomic E-state index is 0.00110. The number of halogens is 4. The van der Waals surface area contributed by atoms with Crippen molar-refractivity contribution in [2.24, 2.45) is 5.18 Å². The molecule has 2 aromatic rings. The molecule has 6 nitrogen and oxygen atoms in total. The first-order chi connectivity index (χ1) is 14.8. The summed E-state index contributed by atoms with van der Waals surface area (Å²) in [7, 11) is 0. The van der Waals surface area contributed by atoms with E-state index in [1.165, 1.54) is 35.2 Å². The predicted octanol–water partition coefficient (Wildman–Crippen LogP) is 3.73. The fourth-order valence-electron chi connectivity index (χ4n) is 3.67. The van der Waals surface area contributed by atoms with E-state index in [0.29, 0.717) is 15.6 Å². The second kappa shape index (κ2) is 10.1. The molecule has 0 aliphatic carbocycles. The number of alkyl halides is 1. The van der Waals surface area contributed by atoms with E-state index >= 15 is 0 Å². The lowest BCUT2D eigenvalue weighted by Crippen LogP contribution is -2.57. The molecule has 1 aliphatic heterocycles. The van der Waals surface area contributed by atoms with Crippen molar-refractivity contribution in [3.63, 3.8) is 0 Å². The summed E-state index contributed by atoms with van der Waals surface area (Å²) in [5.74, 6) is -1.70. The van der Waals surface area contributed by atoms with Crippen LogP contribution in [0.25, 0.3) is 0 Å². The zero-order valence-electron chi connectivity index (χ0n) is 16.5. The number of piperidine rings is 1. The minimum atomic E-state index is -1.53. The van der Waals surface area contributed by atoms with Crippen LogP contribution in [-0.4, -0.2) is 48.2 Å². The number of hydrogen-bond acceptors (Lipinski definition) is 6. The van der Waals surface area contributed by atoms with Gasteiger partial charge in [-0.25, -0.2) is 13.2 Å². The number of anilines is 1. The summed E-state index contributed by atoms with van der Waals surface area (Å²) in [4.78, 5) is 13.0. The SMILES string of the molecule is O=N[C@@]1(COc2ccc(F)cc2CCO)CCN(c2c(F)cc(CI)cc2F)C[C@H]1O. The summed E-state index contributed by atoms with van der Waals surface area (Å²) in [5, 5.41) is 22.9. The number of aliphatic hydroxyl groups excluding tert-OH is 2. The fraction of sp³-hybridized carbons (Fsp3) is 0.429. The van der Waals surface area contributed by atoms with Crippen molar-refractivity contribution in [1.29, 1.82) is 0 Å². The average molecular weight is 550 g/mol. The van der Waals surface area contributed by atoms with Crippen LogP contribution in [0.1, 0.15) is 17.5 Å². The molecule has 2 aromatic carbocycles. The van der Waals surface area contributed by atoms with E-state index in [1.54, 1.807) is 0 Å². The van der Waals surface area contributed by atoms with Gasteiger partial charge in [-0.15, -0.1) is 4.91 Å². The smallest absolute Gasteiger partial charge is 0.165 e. The van der Waals surface area contributed by atoms with Crippen molar-refractivity contribution < 1.29 is 28.1 Å². The first kappa shape index (κ1) is 23.7. The molecule has 1 heterocycles. The molecule has 0 radical (unpaired) electrons. The van der Waals surface area contributed by atoms with E-state index in [0.717, 1.165) is 0 Å². The van der Waals surface area contributed by atoms with Gasteiger partial charge in [0.2, 0.25) is 0 Å². The van der Waals surface area contributed by atoms with E-state index in [-0.39, 0.29) is 50.6 Å². The van der Waals surface area contributed by atoms with E-state index in [9.17, 15) is 23.2 Å². The summed E-state index contributed by atoms with van der Waals surface area (Å²) in [6.45, 7) is -0.647. The maximum Gasteiger partial charge on any atom is 0.165 e. The van der Waals surface area contributed by atoms with Crippen LogP contribution in [0.15, 0.2) is 35.5 Å². The summed E-state index contributed by atoms with van der Waals surface area (Å²) in [6.07, 6.45) is -1.19. The molecule has 31 heavy (non-hydrogen) atoms. The van der Waals surface area contributed by atoms with E-state index in [1.807, 2.05) is 22.6 Å². The van der Waals surface area contributed by atoms with Gasteiger partial charge in [0.1, 0.15) is 41.6 Å². The molecule has 0 amide bonds. The van der Waals surface area contributed by atoms with Crippen LogP contribution in [0, 0.1) is 22.4 Å². The molecule has 1 aliphatic rings. The van der Waals surface area contributed by atoms with Crippen molar-refractivity contribution in [2.75, 3.05) is 31.2 Å². The molecule has 3 rings (SSSR count). The maximum atomic E-state index is 14.5. The third kappa shape index (κ3) is 5.12. The molecule has 10 heteroatoms. The number of rotatable bonds is 8. The van der Waals surface area contributed by atoms with Crippen LogP contribution in [0.2, 0.25) is 0 Å². The van der Waals surface area contributed by atoms with Gasteiger partial charge in [-0.3, -0.25) is 0 Å². The van der Waals surface area contributed by atoms with Gasteiger partial charge >= 0.3 is 0 Å². The summed E-state index contributed by atoms with van der Waals surface area (Å²) < 4.78 is 48.5. The van der Waals surface area contributed by atoms with E-state index < -0.39 is 29.1 Å². The zero-order chi connectivity index (χ0) is 22.6. The molecular weight excluding hydrogens is 528 g/mol. The lowest BCUT2D eigenvalue weighted by molar-refractivity contribution is 0.0372. The highest BCUT2D eigenvalue weighted by atomic mass is 127. The van der Waals surface area contributed by atoms with Crippen molar-refractivity contribution in [3.8, 4) is 5.75 Å². The minimum Gasteiger partial charge on any atom is -0.491 e. The Balaban J connectivity index is 1.76. The van der Waals surface area contributed by atoms with Gasteiger partial charge in [-0.1, -0.05) is 27.8 Å². The molecule has 0 saturated carbocycles. The largest absolute Gasteiger partial charge is 0.491 e. The molecule has 0 bridgehead atoms. The van der Waals surface area contributed by atoms with Crippen LogP contribution in [0.4, 0.5) is 18.9 Å². The highest BCUT2D eigenvalue weighted by Gasteiger charge is 2.46. The average Bonchev–Trinajstić information content (AvgIpc) is 2.74. The lowest BCUT2D eigenvalue weighted by Gasteiger charge is -2.41. The van der Waals surface area contributed by atoms with Crippen LogP contribution in [0.5, 0.6) is 5.75 Å². The number of aliphatic hydroxyl groups is 2. The van der Waals surface area contributed by atoms with Gasteiger partial charge in [0.15, 0.2) is 5.54 Å². The van der Waals surface area contributed by atoms with Gasteiger partial charge in [-0.05, 0) is 54.3 Å². The molecule has 1 fully saturated rings. The Morgan fingerprint density at radius 2 is 1.94 bits per heavy atom. The second-order valence-corrected chi connectivity index (χ2v) is 8.23. The Bertz CT molecular complexity index is 926. The van der Waals surface area contributed by atoms with Gasteiger partial charge in [0, 0.05) is 24.1 Å². The van der Waals surface area contributed by atoms with Crippen molar-refractivity contribution in [3.05, 3.63) is 63.8 Å². The van der Waals surface area contributed by atoms with Gasteiger partial charge in [-0.2, -0.15) is 0 Å². The fourth-order valence-corrected chi connectivity index (χ4v) is 4.11.